The van der Waals surface area contributed by atoms with Crippen molar-refractivity contribution < 1.29 is 47.5 Å². The van der Waals surface area contributed by atoms with E-state index in [0.717, 1.165) is 0 Å². The minimum Gasteiger partial charge on any atom is -0.493 e. The molecule has 36 heavy (non-hydrogen) atoms. The molecule has 0 fully saturated rings. The highest BCUT2D eigenvalue weighted by molar-refractivity contribution is 6.02. The summed E-state index contributed by atoms with van der Waals surface area (Å²) in [6.45, 7) is 0. The van der Waals surface area contributed by atoms with Crippen molar-refractivity contribution in [2.45, 2.75) is 5.92 Å². The lowest BCUT2D eigenvalue weighted by molar-refractivity contribution is -0.147. The lowest BCUT2D eigenvalue weighted by Gasteiger charge is -2.34. The molecule has 10 nitrogen and oxygen atoms in total. The van der Waals surface area contributed by atoms with Crippen molar-refractivity contribution in [3.05, 3.63) is 40.5 Å². The molecular formula is C26H30O10. The van der Waals surface area contributed by atoms with Crippen molar-refractivity contribution >= 4 is 18.0 Å². The first-order chi connectivity index (χ1) is 17.3. The van der Waals surface area contributed by atoms with Crippen LogP contribution in [0.4, 0.5) is 0 Å². The molecule has 2 aromatic carbocycles. The molecule has 0 N–H and O–H groups in total. The van der Waals surface area contributed by atoms with E-state index in [2.05, 4.69) is 0 Å². The third kappa shape index (κ3) is 4.34. The minimum absolute atomic E-state index is 0.102. The molecule has 0 unspecified atom stereocenters. The van der Waals surface area contributed by atoms with Gasteiger partial charge in [0.2, 0.25) is 11.5 Å². The molecule has 0 radical (unpaired) electrons. The van der Waals surface area contributed by atoms with Gasteiger partial charge in [0, 0.05) is 11.5 Å². The maximum absolute atomic E-state index is 13.2. The average Bonchev–Trinajstić information content (AvgIpc) is 2.92. The van der Waals surface area contributed by atoms with Crippen LogP contribution in [0.2, 0.25) is 0 Å². The fourth-order valence-electron chi connectivity index (χ4n) is 4.57. The number of hydrogen-bond donors (Lipinski definition) is 0. The van der Waals surface area contributed by atoms with Gasteiger partial charge < -0.3 is 37.9 Å². The Labute approximate surface area is 209 Å². The number of carbonyl (C=O) groups excluding carboxylic acids is 2. The van der Waals surface area contributed by atoms with E-state index in [1.54, 1.807) is 24.3 Å². The van der Waals surface area contributed by atoms with Gasteiger partial charge in [-0.3, -0.25) is 4.79 Å². The molecule has 2 atom stereocenters. The average molecular weight is 503 g/mol. The third-order valence-electron chi connectivity index (χ3n) is 6.11. The summed E-state index contributed by atoms with van der Waals surface area (Å²) in [5.41, 5.74) is 1.82. The first-order valence-electron chi connectivity index (χ1n) is 10.9. The monoisotopic (exact) mass is 502 g/mol. The van der Waals surface area contributed by atoms with Gasteiger partial charge in [-0.15, -0.1) is 0 Å². The van der Waals surface area contributed by atoms with Gasteiger partial charge in [0.05, 0.1) is 68.4 Å². The summed E-state index contributed by atoms with van der Waals surface area (Å²) >= 11 is 0. The zero-order valence-corrected chi connectivity index (χ0v) is 21.5. The van der Waals surface area contributed by atoms with Crippen LogP contribution >= 0.6 is 0 Å². The topological polar surface area (TPSA) is 108 Å². The predicted molar refractivity (Wildman–Crippen MR) is 130 cm³/mol. The van der Waals surface area contributed by atoms with Crippen LogP contribution in [-0.4, -0.2) is 68.8 Å². The quantitative estimate of drug-likeness (QED) is 0.474. The molecule has 1 aliphatic carbocycles. The molecule has 10 heteroatoms. The van der Waals surface area contributed by atoms with Gasteiger partial charge in [-0.1, -0.05) is 0 Å². The number of ether oxygens (including phenoxy) is 8. The zero-order chi connectivity index (χ0) is 26.6. The van der Waals surface area contributed by atoms with Gasteiger partial charge in [0.15, 0.2) is 23.0 Å². The SMILES string of the molecule is COC(=O)C1=Cc2cc(OC)c(OC)c(OC)c2[C@@H](c2cc(OC)c(OC)c(OC)c2)[C@H]1C(=O)OC. The van der Waals surface area contributed by atoms with Crippen LogP contribution in [-0.2, 0) is 19.1 Å². The van der Waals surface area contributed by atoms with E-state index in [9.17, 15) is 9.59 Å². The van der Waals surface area contributed by atoms with Gasteiger partial charge >= 0.3 is 11.9 Å². The Morgan fingerprint density at radius 1 is 0.639 bits per heavy atom. The summed E-state index contributed by atoms with van der Waals surface area (Å²) < 4.78 is 43.6. The van der Waals surface area contributed by atoms with E-state index in [1.165, 1.54) is 56.9 Å². The fourth-order valence-corrected chi connectivity index (χ4v) is 4.57. The lowest BCUT2D eigenvalue weighted by atomic mass is 9.70. The number of benzene rings is 2. The fraction of sp³-hybridized carbons (Fsp3) is 0.385. The Morgan fingerprint density at radius 3 is 1.61 bits per heavy atom. The second-order valence-corrected chi connectivity index (χ2v) is 7.68. The molecular weight excluding hydrogens is 472 g/mol. The van der Waals surface area contributed by atoms with E-state index in [1.807, 2.05) is 0 Å². The number of esters is 2. The van der Waals surface area contributed by atoms with E-state index in [-0.39, 0.29) is 5.57 Å². The molecule has 0 amide bonds. The van der Waals surface area contributed by atoms with Crippen LogP contribution in [0.25, 0.3) is 6.08 Å². The second kappa shape index (κ2) is 11.1. The van der Waals surface area contributed by atoms with Crippen LogP contribution in [0.15, 0.2) is 23.8 Å². The summed E-state index contributed by atoms with van der Waals surface area (Å²) in [6.07, 6.45) is 1.57. The van der Waals surface area contributed by atoms with Crippen molar-refractivity contribution in [2.75, 3.05) is 56.9 Å². The Morgan fingerprint density at radius 2 is 1.17 bits per heavy atom. The maximum Gasteiger partial charge on any atom is 0.334 e. The molecule has 0 bridgehead atoms. The van der Waals surface area contributed by atoms with Gasteiger partial charge in [0.25, 0.3) is 0 Å². The number of carbonyl (C=O) groups is 2. The summed E-state index contributed by atoms with van der Waals surface area (Å²) in [6, 6.07) is 5.13. The van der Waals surface area contributed by atoms with Gasteiger partial charge in [-0.05, 0) is 35.4 Å². The van der Waals surface area contributed by atoms with Gasteiger partial charge in [0.1, 0.15) is 0 Å². The highest BCUT2D eigenvalue weighted by Crippen LogP contribution is 2.54. The predicted octanol–water partition coefficient (Wildman–Crippen LogP) is 3.23. The molecule has 0 aromatic heterocycles. The largest absolute Gasteiger partial charge is 0.493 e. The molecule has 1 aliphatic rings. The third-order valence-corrected chi connectivity index (χ3v) is 6.11. The molecule has 0 saturated carbocycles. The highest BCUT2D eigenvalue weighted by Gasteiger charge is 2.45. The van der Waals surface area contributed by atoms with E-state index in [0.29, 0.717) is 51.2 Å². The normalized spacial score (nSPS) is 16.2. The van der Waals surface area contributed by atoms with Gasteiger partial charge in [-0.2, -0.15) is 0 Å². The van der Waals surface area contributed by atoms with Crippen molar-refractivity contribution in [1.29, 1.82) is 0 Å². The van der Waals surface area contributed by atoms with Crippen molar-refractivity contribution in [2.24, 2.45) is 5.92 Å². The van der Waals surface area contributed by atoms with Crippen molar-refractivity contribution in [3.8, 4) is 34.5 Å². The summed E-state index contributed by atoms with van der Waals surface area (Å²) in [5.74, 6) is -1.06. The Balaban J connectivity index is 2.51. The van der Waals surface area contributed by atoms with E-state index < -0.39 is 23.8 Å². The molecule has 2 aromatic rings. The first-order valence-corrected chi connectivity index (χ1v) is 10.9. The molecule has 0 spiro atoms. The zero-order valence-electron chi connectivity index (χ0n) is 21.5. The number of methoxy groups -OCH3 is 8. The molecule has 0 aliphatic heterocycles. The van der Waals surface area contributed by atoms with Crippen molar-refractivity contribution in [3.63, 3.8) is 0 Å². The van der Waals surface area contributed by atoms with Crippen molar-refractivity contribution in [1.82, 2.24) is 0 Å². The van der Waals surface area contributed by atoms with E-state index in [4.69, 9.17) is 37.9 Å². The van der Waals surface area contributed by atoms with Gasteiger partial charge in [-0.25, -0.2) is 4.79 Å². The standard InChI is InChI=1S/C26H30O10/c1-29-16-11-14(12-17(30-2)22(16)32-4)19-20-13(10-18(31-3)23(33-5)24(20)34-6)9-15(25(27)35-7)21(19)26(28)36-8/h9-12,19,21H,1-8H3/t19-,21+/m1/s1. The summed E-state index contributed by atoms with van der Waals surface area (Å²) in [7, 11) is 11.4. The number of rotatable bonds is 9. The molecule has 194 valence electrons. The number of hydrogen-bond acceptors (Lipinski definition) is 10. The second-order valence-electron chi connectivity index (χ2n) is 7.68. The Bertz CT molecular complexity index is 1160. The summed E-state index contributed by atoms with van der Waals surface area (Å²) in [5, 5.41) is 0. The minimum atomic E-state index is -1.09. The molecule has 0 saturated heterocycles. The maximum atomic E-state index is 13.2. The van der Waals surface area contributed by atoms with Crippen LogP contribution in [0, 0.1) is 5.92 Å². The first kappa shape index (κ1) is 26.5. The molecule has 3 rings (SSSR count). The Hall–Kier alpha value is -4.08. The highest BCUT2D eigenvalue weighted by atomic mass is 16.5. The summed E-state index contributed by atoms with van der Waals surface area (Å²) in [4.78, 5) is 26.2. The number of fused-ring (bicyclic) bond motifs is 1. The van der Waals surface area contributed by atoms with Crippen LogP contribution in [0.1, 0.15) is 22.6 Å². The van der Waals surface area contributed by atoms with Crippen LogP contribution in [0.5, 0.6) is 34.5 Å². The lowest BCUT2D eigenvalue weighted by Crippen LogP contribution is -2.33. The van der Waals surface area contributed by atoms with Crippen LogP contribution < -0.4 is 28.4 Å². The van der Waals surface area contributed by atoms with E-state index >= 15 is 0 Å². The molecule has 0 heterocycles. The van der Waals surface area contributed by atoms with Crippen LogP contribution in [0.3, 0.4) is 0 Å². The Kier molecular flexibility index (Phi) is 8.18. The smallest absolute Gasteiger partial charge is 0.334 e.